The predicted molar refractivity (Wildman–Crippen MR) is 156 cm³/mol. The Hall–Kier alpha value is -3.82. The molecule has 6 rings (SSSR count). The topological polar surface area (TPSA) is 148 Å². The van der Waals surface area contributed by atoms with E-state index >= 15 is 0 Å². The van der Waals surface area contributed by atoms with Gasteiger partial charge in [-0.2, -0.15) is 13.1 Å². The van der Waals surface area contributed by atoms with Crippen molar-refractivity contribution in [2.45, 2.75) is 51.4 Å². The number of hydrogen-bond acceptors (Lipinski definition) is 8. The number of aliphatic hydroxyl groups excluding tert-OH is 1. The van der Waals surface area contributed by atoms with E-state index in [4.69, 9.17) is 15.5 Å². The van der Waals surface area contributed by atoms with Gasteiger partial charge in [-0.25, -0.2) is 18.4 Å². The van der Waals surface area contributed by atoms with Crippen LogP contribution in [0.3, 0.4) is 0 Å². The Morgan fingerprint density at radius 2 is 1.95 bits per heavy atom. The Bertz CT molecular complexity index is 1840. The molecule has 2 atom stereocenters. The minimum atomic E-state index is -4.28. The van der Waals surface area contributed by atoms with Crippen LogP contribution in [-0.2, 0) is 16.6 Å². The summed E-state index contributed by atoms with van der Waals surface area (Å²) in [5.74, 6) is 0.142. The van der Waals surface area contributed by atoms with E-state index in [2.05, 4.69) is 4.98 Å². The highest BCUT2D eigenvalue weighted by Gasteiger charge is 2.32. The maximum atomic E-state index is 13.8. The molecule has 12 nitrogen and oxygen atoms in total. The first-order chi connectivity index (χ1) is 20.4. The summed E-state index contributed by atoms with van der Waals surface area (Å²) in [4.78, 5) is 24.3. The number of amides is 1. The van der Waals surface area contributed by atoms with Crippen LogP contribution in [0.1, 0.15) is 35.3 Å². The highest BCUT2D eigenvalue weighted by atomic mass is 32.2. The van der Waals surface area contributed by atoms with Crippen molar-refractivity contribution in [2.24, 2.45) is 11.7 Å². The van der Waals surface area contributed by atoms with Gasteiger partial charge in [-0.05, 0) is 56.4 Å². The minimum Gasteiger partial charge on any atom is -0.482 e. The number of aryl methyl sites for hydroxylation is 1. The first-order valence-electron chi connectivity index (χ1n) is 14.0. The molecule has 4 aromatic heterocycles. The van der Waals surface area contributed by atoms with Crippen molar-refractivity contribution < 1.29 is 31.8 Å². The van der Waals surface area contributed by atoms with Gasteiger partial charge < -0.3 is 25.0 Å². The minimum absolute atomic E-state index is 0.00998. The summed E-state index contributed by atoms with van der Waals surface area (Å²) in [6, 6.07) is 7.49. The summed E-state index contributed by atoms with van der Waals surface area (Å²) >= 11 is 0. The molecule has 1 aliphatic heterocycles. The van der Waals surface area contributed by atoms with Gasteiger partial charge in [-0.3, -0.25) is 9.20 Å². The number of carbonyl (C=O) groups excluding carboxylic acids is 1. The number of likely N-dealkylation sites (tertiary alicyclic amines) is 1. The smallest absolute Gasteiger partial charge is 0.329 e. The van der Waals surface area contributed by atoms with Crippen LogP contribution in [0.4, 0.5) is 14.6 Å². The second kappa shape index (κ2) is 10.7. The summed E-state index contributed by atoms with van der Waals surface area (Å²) in [7, 11) is -2.78. The molecule has 43 heavy (non-hydrogen) atoms. The van der Waals surface area contributed by atoms with Gasteiger partial charge in [0.05, 0.1) is 30.9 Å². The summed E-state index contributed by atoms with van der Waals surface area (Å²) in [6.07, 6.45) is 2.46. The number of alkyl halides is 2. The molecule has 2 aliphatic rings. The number of methoxy groups -OCH3 is 1. The van der Waals surface area contributed by atoms with Crippen molar-refractivity contribution in [1.29, 1.82) is 0 Å². The molecule has 1 saturated heterocycles. The maximum Gasteiger partial charge on any atom is 0.329 e. The number of anilines is 1. The summed E-state index contributed by atoms with van der Waals surface area (Å²) in [5.41, 5.74) is 9.19. The second-order valence-electron chi connectivity index (χ2n) is 11.3. The number of halogens is 2. The lowest BCUT2D eigenvalue weighted by molar-refractivity contribution is 0.0459. The van der Waals surface area contributed by atoms with Gasteiger partial charge in [0.25, 0.3) is 5.91 Å². The number of aliphatic hydroxyl groups is 1. The molecule has 15 heteroatoms. The predicted octanol–water partition coefficient (Wildman–Crippen LogP) is 2.60. The lowest BCUT2D eigenvalue weighted by Gasteiger charge is -2.34. The normalized spacial score (nSPS) is 19.5. The number of ether oxygens (including phenoxy) is 1. The van der Waals surface area contributed by atoms with E-state index in [0.29, 0.717) is 64.9 Å². The zero-order valence-corrected chi connectivity index (χ0v) is 24.8. The van der Waals surface area contributed by atoms with Gasteiger partial charge in [0, 0.05) is 42.7 Å². The van der Waals surface area contributed by atoms with Gasteiger partial charge in [0.1, 0.15) is 22.8 Å². The Kier molecular flexibility index (Phi) is 7.29. The van der Waals surface area contributed by atoms with Gasteiger partial charge in [0.2, 0.25) is 10.0 Å². The van der Waals surface area contributed by atoms with E-state index in [0.717, 1.165) is 24.8 Å². The van der Waals surface area contributed by atoms with Gasteiger partial charge in [-0.1, -0.05) is 0 Å². The monoisotopic (exact) mass is 617 g/mol. The van der Waals surface area contributed by atoms with Crippen LogP contribution in [0.5, 0.6) is 5.88 Å². The van der Waals surface area contributed by atoms with Crippen LogP contribution >= 0.6 is 0 Å². The molecule has 1 saturated carbocycles. The molecule has 3 N–H and O–H groups in total. The number of nitrogens with zero attached hydrogens (tertiary/aromatic N) is 6. The largest absolute Gasteiger partial charge is 0.482 e. The number of piperidine rings is 1. The number of sulfonamides is 1. The Labute approximate surface area is 246 Å². The lowest BCUT2D eigenvalue weighted by atomic mass is 10.0. The van der Waals surface area contributed by atoms with Gasteiger partial charge >= 0.3 is 6.55 Å². The van der Waals surface area contributed by atoms with Crippen LogP contribution in [0.2, 0.25) is 0 Å². The first kappa shape index (κ1) is 29.3. The van der Waals surface area contributed by atoms with Crippen LogP contribution < -0.4 is 14.8 Å². The number of rotatable bonds is 8. The summed E-state index contributed by atoms with van der Waals surface area (Å²) in [5, 5.41) is 10.6. The molecular weight excluding hydrogens is 584 g/mol. The molecule has 230 valence electrons. The summed E-state index contributed by atoms with van der Waals surface area (Å²) < 4.78 is 61.2. The number of aromatic nitrogens is 4. The van der Waals surface area contributed by atoms with Crippen LogP contribution in [-0.4, -0.2) is 88.4 Å². The van der Waals surface area contributed by atoms with Gasteiger partial charge in [0.15, 0.2) is 5.88 Å². The molecule has 0 aromatic carbocycles. The molecule has 2 fully saturated rings. The average molecular weight is 618 g/mol. The molecule has 0 spiro atoms. The second-order valence-corrected chi connectivity index (χ2v) is 13.2. The van der Waals surface area contributed by atoms with Crippen LogP contribution in [0.25, 0.3) is 28.1 Å². The van der Waals surface area contributed by atoms with E-state index in [9.17, 15) is 27.1 Å². The molecule has 0 radical (unpaired) electrons. The van der Waals surface area contributed by atoms with Crippen molar-refractivity contribution in [3.05, 3.63) is 41.6 Å². The third-order valence-electron chi connectivity index (χ3n) is 8.15. The van der Waals surface area contributed by atoms with E-state index in [-0.39, 0.29) is 22.6 Å². The highest BCUT2D eigenvalue weighted by Crippen LogP contribution is 2.38. The Morgan fingerprint density at radius 1 is 1.21 bits per heavy atom. The van der Waals surface area contributed by atoms with Gasteiger partial charge in [-0.15, -0.1) is 0 Å². The number of hydrogen-bond donors (Lipinski definition) is 2. The molecule has 0 bridgehead atoms. The SMILES string of the molecule is COc1cc(C(=O)N2CC[C@@H](O)[C@@H](N)C2)cc2nc(-c3cc4ccc(N(C(F)F)S(C)(=O)=O)nc4n3CC3CC3)c(C)n12. The van der Waals surface area contributed by atoms with Crippen LogP contribution in [0, 0.1) is 12.8 Å². The molecule has 5 heterocycles. The Morgan fingerprint density at radius 3 is 2.58 bits per heavy atom. The van der Waals surface area contributed by atoms with E-state index in [1.54, 1.807) is 27.5 Å². The number of pyridine rings is 2. The van der Waals surface area contributed by atoms with Crippen molar-refractivity contribution in [3.8, 4) is 17.3 Å². The standard InChI is InChI=1S/C28H33F2N7O5S/c1-15-25(32-23-11-18(12-24(42-2)36(15)23)27(39)34-9-8-21(38)19(31)14-34)20-10-17-6-7-22(37(28(29)30)43(3,40)41)33-26(17)35(20)13-16-4-5-16/h6-7,10-12,16,19,21,28,38H,4-5,8-9,13-14,31H2,1-3H3/t19-,21+/m0/s1. The first-order valence-corrected chi connectivity index (χ1v) is 15.8. The van der Waals surface area contributed by atoms with Crippen molar-refractivity contribution in [3.63, 3.8) is 0 Å². The van der Waals surface area contributed by atoms with E-state index in [1.807, 2.05) is 17.6 Å². The third kappa shape index (κ3) is 5.29. The molecule has 1 aliphatic carbocycles. The van der Waals surface area contributed by atoms with Crippen molar-refractivity contribution in [2.75, 3.05) is 30.8 Å². The quantitative estimate of drug-likeness (QED) is 0.287. The average Bonchev–Trinajstić information content (AvgIpc) is 3.62. The van der Waals surface area contributed by atoms with Crippen LogP contribution in [0.15, 0.2) is 30.3 Å². The molecule has 1 amide bonds. The van der Waals surface area contributed by atoms with E-state index in [1.165, 1.54) is 13.2 Å². The zero-order chi connectivity index (χ0) is 30.8. The lowest BCUT2D eigenvalue weighted by Crippen LogP contribution is -2.53. The number of imidazole rings is 1. The molecule has 4 aromatic rings. The fourth-order valence-corrected chi connectivity index (χ4v) is 6.45. The zero-order valence-electron chi connectivity index (χ0n) is 23.9. The summed E-state index contributed by atoms with van der Waals surface area (Å²) in [6.45, 7) is -0.270. The van der Waals surface area contributed by atoms with E-state index < -0.39 is 28.7 Å². The highest BCUT2D eigenvalue weighted by molar-refractivity contribution is 7.92. The molecular formula is C28H33F2N7O5S. The fraction of sp³-hybridized carbons (Fsp3) is 0.464. The van der Waals surface area contributed by atoms with Crippen molar-refractivity contribution in [1.82, 2.24) is 23.8 Å². The van der Waals surface area contributed by atoms with Crippen molar-refractivity contribution >= 4 is 38.4 Å². The fourth-order valence-electron chi connectivity index (χ4n) is 5.72. The molecule has 0 unspecified atom stereocenters. The number of carbonyl (C=O) groups is 1. The maximum absolute atomic E-state index is 13.8. The third-order valence-corrected chi connectivity index (χ3v) is 9.21. The Balaban J connectivity index is 1.47. The number of nitrogens with two attached hydrogens (primary N) is 1. The number of fused-ring (bicyclic) bond motifs is 2.